The molecule has 2 aliphatic rings. The number of hydrogen-bond donors (Lipinski definition) is 2. The zero-order valence-corrected chi connectivity index (χ0v) is 11.1. The molecule has 0 aliphatic carbocycles. The van der Waals surface area contributed by atoms with Crippen LogP contribution in [0.4, 0.5) is 0 Å². The summed E-state index contributed by atoms with van der Waals surface area (Å²) in [4.78, 5) is 10.8. The highest BCUT2D eigenvalue weighted by Crippen LogP contribution is 2.26. The Morgan fingerprint density at radius 1 is 1.35 bits per heavy atom. The van der Waals surface area contributed by atoms with Gasteiger partial charge in [0.1, 0.15) is 6.04 Å². The van der Waals surface area contributed by atoms with Crippen LogP contribution in [0.25, 0.3) is 0 Å². The van der Waals surface area contributed by atoms with Crippen LogP contribution in [0.2, 0.25) is 0 Å². The monoisotopic (exact) mass is 243 g/mol. The van der Waals surface area contributed by atoms with Crippen molar-refractivity contribution in [2.24, 2.45) is 11.8 Å². The summed E-state index contributed by atoms with van der Waals surface area (Å²) in [5.41, 5.74) is 0. The third-order valence-corrected chi connectivity index (χ3v) is 2.94. The van der Waals surface area contributed by atoms with Crippen molar-refractivity contribution in [1.82, 2.24) is 5.32 Å². The minimum Gasteiger partial charge on any atom is -0.480 e. The maximum absolute atomic E-state index is 10.8. The van der Waals surface area contributed by atoms with Gasteiger partial charge in [0, 0.05) is 13.2 Å². The fraction of sp³-hybridized carbons (Fsp3) is 0.923. The van der Waals surface area contributed by atoms with E-state index in [1.807, 2.05) is 0 Å². The highest BCUT2D eigenvalue weighted by molar-refractivity contribution is 5.74. The Kier molecular flexibility index (Phi) is 5.92. The predicted molar refractivity (Wildman–Crippen MR) is 67.0 cm³/mol. The molecular formula is C13H25NO3. The molecule has 4 nitrogen and oxygen atoms in total. The summed E-state index contributed by atoms with van der Waals surface area (Å²) in [5, 5.41) is 11.9. The van der Waals surface area contributed by atoms with Gasteiger partial charge in [-0.2, -0.15) is 0 Å². The van der Waals surface area contributed by atoms with Crippen LogP contribution in [0.15, 0.2) is 0 Å². The van der Waals surface area contributed by atoms with Gasteiger partial charge in [-0.3, -0.25) is 4.79 Å². The van der Waals surface area contributed by atoms with Crippen LogP contribution >= 0.6 is 0 Å². The van der Waals surface area contributed by atoms with Crippen LogP contribution in [0.5, 0.6) is 0 Å². The maximum Gasteiger partial charge on any atom is 0.323 e. The minimum atomic E-state index is -0.783. The van der Waals surface area contributed by atoms with Crippen molar-refractivity contribution >= 4 is 5.97 Å². The van der Waals surface area contributed by atoms with Crippen LogP contribution < -0.4 is 5.32 Å². The quantitative estimate of drug-likeness (QED) is 0.738. The van der Waals surface area contributed by atoms with Crippen molar-refractivity contribution < 1.29 is 14.6 Å². The number of carboxylic acids is 1. The van der Waals surface area contributed by atoms with Gasteiger partial charge < -0.3 is 15.2 Å². The molecule has 2 saturated heterocycles. The molecule has 0 bridgehead atoms. The van der Waals surface area contributed by atoms with Crippen LogP contribution in [0.3, 0.4) is 0 Å². The number of aliphatic carboxylic acids is 1. The number of fused-ring (bicyclic) bond motifs is 1. The summed E-state index contributed by atoms with van der Waals surface area (Å²) in [6.07, 6.45) is 3.23. The normalized spacial score (nSPS) is 32.4. The van der Waals surface area contributed by atoms with E-state index in [1.165, 1.54) is 0 Å². The molecule has 2 rings (SSSR count). The van der Waals surface area contributed by atoms with Gasteiger partial charge >= 0.3 is 5.97 Å². The second-order valence-corrected chi connectivity index (χ2v) is 5.55. The average molecular weight is 243 g/mol. The molecule has 0 amide bonds. The molecule has 0 radical (unpaired) electrons. The van der Waals surface area contributed by atoms with E-state index < -0.39 is 12.0 Å². The lowest BCUT2D eigenvalue weighted by molar-refractivity contribution is -0.142. The summed E-state index contributed by atoms with van der Waals surface area (Å²) >= 11 is 0. The van der Waals surface area contributed by atoms with Crippen molar-refractivity contribution in [2.75, 3.05) is 13.2 Å². The number of rotatable bonds is 1. The molecule has 0 spiro atoms. The van der Waals surface area contributed by atoms with Crippen LogP contribution in [-0.2, 0) is 9.53 Å². The van der Waals surface area contributed by atoms with Gasteiger partial charge in [0.25, 0.3) is 0 Å². The SMILES string of the molecule is CC(C)C.O=C(O)C1NCC2CCCCOC21. The van der Waals surface area contributed by atoms with Crippen molar-refractivity contribution in [3.05, 3.63) is 0 Å². The first-order valence-corrected chi connectivity index (χ1v) is 6.60. The van der Waals surface area contributed by atoms with Crippen molar-refractivity contribution in [3.63, 3.8) is 0 Å². The number of ether oxygens (including phenoxy) is 1. The van der Waals surface area contributed by atoms with E-state index >= 15 is 0 Å². The maximum atomic E-state index is 10.8. The van der Waals surface area contributed by atoms with Crippen LogP contribution in [0.1, 0.15) is 40.0 Å². The molecule has 0 aromatic heterocycles. The molecule has 2 fully saturated rings. The third kappa shape index (κ3) is 4.64. The highest BCUT2D eigenvalue weighted by Gasteiger charge is 2.41. The molecule has 100 valence electrons. The van der Waals surface area contributed by atoms with Gasteiger partial charge in [-0.05, 0) is 24.7 Å². The summed E-state index contributed by atoms with van der Waals surface area (Å²) < 4.78 is 5.56. The highest BCUT2D eigenvalue weighted by atomic mass is 16.5. The largest absolute Gasteiger partial charge is 0.480 e. The smallest absolute Gasteiger partial charge is 0.323 e. The van der Waals surface area contributed by atoms with E-state index in [9.17, 15) is 4.79 Å². The molecule has 2 heterocycles. The molecular weight excluding hydrogens is 218 g/mol. The van der Waals surface area contributed by atoms with Gasteiger partial charge in [-0.15, -0.1) is 0 Å². The lowest BCUT2D eigenvalue weighted by Gasteiger charge is -2.18. The first-order chi connectivity index (χ1) is 8.02. The second-order valence-electron chi connectivity index (χ2n) is 5.55. The van der Waals surface area contributed by atoms with Crippen LogP contribution in [-0.4, -0.2) is 36.4 Å². The van der Waals surface area contributed by atoms with E-state index in [1.54, 1.807) is 0 Å². The first-order valence-electron chi connectivity index (χ1n) is 6.60. The minimum absolute atomic E-state index is 0.0972. The molecule has 0 aromatic rings. The molecule has 0 aromatic carbocycles. The third-order valence-electron chi connectivity index (χ3n) is 2.94. The van der Waals surface area contributed by atoms with E-state index in [4.69, 9.17) is 9.84 Å². The van der Waals surface area contributed by atoms with Gasteiger partial charge in [-0.1, -0.05) is 27.2 Å². The van der Waals surface area contributed by atoms with Gasteiger partial charge in [0.15, 0.2) is 0 Å². The lowest BCUT2D eigenvalue weighted by atomic mass is 9.97. The van der Waals surface area contributed by atoms with E-state index in [0.717, 1.165) is 31.7 Å². The summed E-state index contributed by atoms with van der Waals surface area (Å²) in [7, 11) is 0. The van der Waals surface area contributed by atoms with E-state index in [-0.39, 0.29) is 6.10 Å². The summed E-state index contributed by atoms with van der Waals surface area (Å²) in [6, 6.07) is -0.483. The van der Waals surface area contributed by atoms with Gasteiger partial charge in [0.05, 0.1) is 6.10 Å². The summed E-state index contributed by atoms with van der Waals surface area (Å²) in [5.74, 6) is 0.456. The predicted octanol–water partition coefficient (Wildman–Crippen LogP) is 1.89. The Bertz CT molecular complexity index is 240. The fourth-order valence-corrected chi connectivity index (χ4v) is 2.24. The molecule has 4 heteroatoms. The Hall–Kier alpha value is -0.610. The topological polar surface area (TPSA) is 58.6 Å². The molecule has 0 saturated carbocycles. The number of nitrogens with one attached hydrogen (secondary N) is 1. The number of carboxylic acid groups (broad SMARTS) is 1. The fourth-order valence-electron chi connectivity index (χ4n) is 2.24. The standard InChI is InChI=1S/C9H15NO3.C4H10/c11-9(12)7-8-6(5-10-7)3-1-2-4-13-8;1-4(2)3/h6-8,10H,1-5H2,(H,11,12);4H,1-3H3. The lowest BCUT2D eigenvalue weighted by Crippen LogP contribution is -2.40. The van der Waals surface area contributed by atoms with E-state index in [0.29, 0.717) is 12.5 Å². The Morgan fingerprint density at radius 3 is 2.59 bits per heavy atom. The van der Waals surface area contributed by atoms with E-state index in [2.05, 4.69) is 26.1 Å². The van der Waals surface area contributed by atoms with Crippen LogP contribution in [0, 0.1) is 11.8 Å². The molecule has 2 aliphatic heterocycles. The Morgan fingerprint density at radius 2 is 2.00 bits per heavy atom. The second kappa shape index (κ2) is 6.97. The first kappa shape index (κ1) is 14.5. The Balaban J connectivity index is 0.000000317. The Labute approximate surface area is 104 Å². The molecule has 17 heavy (non-hydrogen) atoms. The zero-order valence-electron chi connectivity index (χ0n) is 11.1. The van der Waals surface area contributed by atoms with Gasteiger partial charge in [-0.25, -0.2) is 0 Å². The summed E-state index contributed by atoms with van der Waals surface area (Å²) in [6.45, 7) is 8.01. The number of carbonyl (C=O) groups is 1. The van der Waals surface area contributed by atoms with Crippen molar-refractivity contribution in [2.45, 2.75) is 52.2 Å². The van der Waals surface area contributed by atoms with Crippen molar-refractivity contribution in [3.8, 4) is 0 Å². The van der Waals surface area contributed by atoms with Crippen molar-refractivity contribution in [1.29, 1.82) is 0 Å². The molecule has 3 atom stereocenters. The number of hydrogen-bond acceptors (Lipinski definition) is 3. The zero-order chi connectivity index (χ0) is 12.8. The molecule has 3 unspecified atom stereocenters. The molecule has 2 N–H and O–H groups in total. The average Bonchev–Trinajstić information content (AvgIpc) is 2.48. The van der Waals surface area contributed by atoms with Gasteiger partial charge in [0.2, 0.25) is 0 Å².